The fourth-order valence-corrected chi connectivity index (χ4v) is 2.27. The maximum atomic E-state index is 12.3. The Morgan fingerprint density at radius 1 is 0.957 bits per heavy atom. The molecule has 1 aliphatic carbocycles. The Morgan fingerprint density at radius 2 is 1.61 bits per heavy atom. The zero-order chi connectivity index (χ0) is 16.8. The number of benzene rings is 1. The summed E-state index contributed by atoms with van der Waals surface area (Å²) in [5.41, 5.74) is 0.361. The van der Waals surface area contributed by atoms with Crippen LogP contribution < -0.4 is 9.47 Å². The number of hydrogen-bond acceptors (Lipinski definition) is 6. The molecule has 0 saturated heterocycles. The summed E-state index contributed by atoms with van der Waals surface area (Å²) in [6.07, 6.45) is 1.10. The maximum Gasteiger partial charge on any atom is 0.208 e. The van der Waals surface area contributed by atoms with Crippen LogP contribution in [0.15, 0.2) is 23.2 Å². The standard InChI is InChI=1S/C16H17ClO6/c1-20-3-5-22-10-7-11-13(18)9-12(17)16(19)15(11)14(8-10)23-6-4-21-2/h7-9H,3-6H2,1-2H3. The number of Topliss-reactive ketones (excluding diaryl/α,β-unsaturated/α-hetero) is 1. The molecule has 0 radical (unpaired) electrons. The van der Waals surface area contributed by atoms with Crippen molar-refractivity contribution in [3.8, 4) is 11.5 Å². The lowest BCUT2D eigenvalue weighted by atomic mass is 9.93. The minimum Gasteiger partial charge on any atom is -0.491 e. The van der Waals surface area contributed by atoms with E-state index in [4.69, 9.17) is 30.5 Å². The predicted molar refractivity (Wildman–Crippen MR) is 83.8 cm³/mol. The van der Waals surface area contributed by atoms with Gasteiger partial charge in [-0.15, -0.1) is 0 Å². The second-order valence-electron chi connectivity index (χ2n) is 4.71. The minimum absolute atomic E-state index is 0.132. The summed E-state index contributed by atoms with van der Waals surface area (Å²) < 4.78 is 20.9. The van der Waals surface area contributed by atoms with Crippen molar-refractivity contribution in [1.82, 2.24) is 0 Å². The van der Waals surface area contributed by atoms with Gasteiger partial charge in [-0.2, -0.15) is 0 Å². The van der Waals surface area contributed by atoms with Gasteiger partial charge >= 0.3 is 0 Å². The van der Waals surface area contributed by atoms with Gasteiger partial charge in [-0.3, -0.25) is 9.59 Å². The molecule has 0 aromatic heterocycles. The van der Waals surface area contributed by atoms with Crippen LogP contribution in [-0.4, -0.2) is 52.2 Å². The number of methoxy groups -OCH3 is 2. The van der Waals surface area contributed by atoms with Gasteiger partial charge in [0.15, 0.2) is 5.78 Å². The monoisotopic (exact) mass is 340 g/mol. The molecular formula is C16H17ClO6. The van der Waals surface area contributed by atoms with E-state index in [1.165, 1.54) is 13.2 Å². The van der Waals surface area contributed by atoms with Crippen molar-refractivity contribution >= 4 is 23.2 Å². The summed E-state index contributed by atoms with van der Waals surface area (Å²) in [4.78, 5) is 24.4. The van der Waals surface area contributed by atoms with Gasteiger partial charge in [0.05, 0.1) is 23.8 Å². The molecule has 0 aliphatic heterocycles. The number of ketones is 2. The van der Waals surface area contributed by atoms with E-state index in [-0.39, 0.29) is 34.3 Å². The molecule has 1 aromatic carbocycles. The molecule has 0 N–H and O–H groups in total. The lowest BCUT2D eigenvalue weighted by Crippen LogP contribution is -2.18. The van der Waals surface area contributed by atoms with Gasteiger partial charge in [-0.25, -0.2) is 0 Å². The van der Waals surface area contributed by atoms with Gasteiger partial charge in [0.25, 0.3) is 0 Å². The van der Waals surface area contributed by atoms with E-state index in [9.17, 15) is 9.59 Å². The SMILES string of the molecule is COCCOc1cc(OCCOC)c2c(c1)C(=O)C=C(Cl)C2=O. The summed E-state index contributed by atoms with van der Waals surface area (Å²) in [6.45, 7) is 1.28. The first-order valence-corrected chi connectivity index (χ1v) is 7.34. The van der Waals surface area contributed by atoms with Crippen LogP contribution in [0.25, 0.3) is 0 Å². The van der Waals surface area contributed by atoms with Crippen LogP contribution in [0.2, 0.25) is 0 Å². The third kappa shape index (κ3) is 4.10. The van der Waals surface area contributed by atoms with Crippen LogP contribution in [-0.2, 0) is 9.47 Å². The fraction of sp³-hybridized carbons (Fsp3) is 0.375. The number of halogens is 1. The van der Waals surface area contributed by atoms with Crippen molar-refractivity contribution < 1.29 is 28.5 Å². The van der Waals surface area contributed by atoms with Crippen molar-refractivity contribution in [3.05, 3.63) is 34.4 Å². The fourth-order valence-electron chi connectivity index (χ4n) is 2.07. The van der Waals surface area contributed by atoms with E-state index >= 15 is 0 Å². The van der Waals surface area contributed by atoms with Crippen LogP contribution in [0.5, 0.6) is 11.5 Å². The molecule has 0 bridgehead atoms. The minimum atomic E-state index is -0.447. The number of carbonyl (C=O) groups excluding carboxylic acids is 2. The molecule has 124 valence electrons. The summed E-state index contributed by atoms with van der Waals surface area (Å²) in [7, 11) is 3.10. The average Bonchev–Trinajstić information content (AvgIpc) is 2.53. The van der Waals surface area contributed by atoms with Gasteiger partial charge in [-0.05, 0) is 6.07 Å². The molecule has 1 aromatic rings. The van der Waals surface area contributed by atoms with Gasteiger partial charge < -0.3 is 18.9 Å². The van der Waals surface area contributed by atoms with E-state index in [0.717, 1.165) is 6.08 Å². The third-order valence-corrected chi connectivity index (χ3v) is 3.42. The number of rotatable bonds is 8. The summed E-state index contributed by atoms with van der Waals surface area (Å²) >= 11 is 5.83. The topological polar surface area (TPSA) is 71.1 Å². The zero-order valence-electron chi connectivity index (χ0n) is 12.9. The molecule has 1 aliphatic rings. The molecular weight excluding hydrogens is 324 g/mol. The Balaban J connectivity index is 2.37. The van der Waals surface area contributed by atoms with Crippen LogP contribution in [0, 0.1) is 0 Å². The maximum absolute atomic E-state index is 12.3. The van der Waals surface area contributed by atoms with Crippen molar-refractivity contribution in [2.45, 2.75) is 0 Å². The summed E-state index contributed by atoms with van der Waals surface area (Å²) in [5.74, 6) is -0.145. The van der Waals surface area contributed by atoms with E-state index in [0.29, 0.717) is 25.6 Å². The number of fused-ring (bicyclic) bond motifs is 1. The van der Waals surface area contributed by atoms with Crippen LogP contribution >= 0.6 is 11.6 Å². The van der Waals surface area contributed by atoms with E-state index in [1.807, 2.05) is 0 Å². The molecule has 0 unspecified atom stereocenters. The largest absolute Gasteiger partial charge is 0.491 e. The first-order chi connectivity index (χ1) is 11.1. The quantitative estimate of drug-likeness (QED) is 0.676. The van der Waals surface area contributed by atoms with Crippen molar-refractivity contribution in [3.63, 3.8) is 0 Å². The molecule has 0 amide bonds. The van der Waals surface area contributed by atoms with Crippen molar-refractivity contribution in [2.24, 2.45) is 0 Å². The highest BCUT2D eigenvalue weighted by Crippen LogP contribution is 2.35. The van der Waals surface area contributed by atoms with Gasteiger partial charge in [0.2, 0.25) is 5.78 Å². The average molecular weight is 341 g/mol. The van der Waals surface area contributed by atoms with Crippen molar-refractivity contribution in [1.29, 1.82) is 0 Å². The number of allylic oxidation sites excluding steroid dienone is 2. The molecule has 0 heterocycles. The lowest BCUT2D eigenvalue weighted by Gasteiger charge is -2.18. The Kier molecular flexibility index (Phi) is 6.15. The Morgan fingerprint density at radius 3 is 2.26 bits per heavy atom. The second kappa shape index (κ2) is 8.10. The highest BCUT2D eigenvalue weighted by molar-refractivity contribution is 6.49. The zero-order valence-corrected chi connectivity index (χ0v) is 13.6. The van der Waals surface area contributed by atoms with E-state index in [1.54, 1.807) is 13.2 Å². The van der Waals surface area contributed by atoms with Crippen molar-refractivity contribution in [2.75, 3.05) is 40.6 Å². The van der Waals surface area contributed by atoms with Crippen LogP contribution in [0.3, 0.4) is 0 Å². The second-order valence-corrected chi connectivity index (χ2v) is 5.12. The highest BCUT2D eigenvalue weighted by atomic mass is 35.5. The Hall–Kier alpha value is -1.89. The van der Waals surface area contributed by atoms with Gasteiger partial charge in [0.1, 0.15) is 24.7 Å². The molecule has 23 heavy (non-hydrogen) atoms. The normalized spacial score (nSPS) is 13.6. The highest BCUT2D eigenvalue weighted by Gasteiger charge is 2.29. The number of hydrogen-bond donors (Lipinski definition) is 0. The summed E-state index contributed by atoms with van der Waals surface area (Å²) in [6, 6.07) is 3.07. The predicted octanol–water partition coefficient (Wildman–Crippen LogP) is 2.24. The molecule has 0 spiro atoms. The molecule has 6 nitrogen and oxygen atoms in total. The Bertz CT molecular complexity index is 638. The first-order valence-electron chi connectivity index (χ1n) is 6.96. The third-order valence-electron chi connectivity index (χ3n) is 3.14. The number of ether oxygens (including phenoxy) is 4. The smallest absolute Gasteiger partial charge is 0.208 e. The van der Waals surface area contributed by atoms with E-state index in [2.05, 4.69) is 0 Å². The van der Waals surface area contributed by atoms with Gasteiger partial charge in [0, 0.05) is 31.9 Å². The molecule has 7 heteroatoms. The van der Waals surface area contributed by atoms with Crippen LogP contribution in [0.4, 0.5) is 0 Å². The molecule has 0 atom stereocenters. The van der Waals surface area contributed by atoms with E-state index < -0.39 is 5.78 Å². The Labute approximate surface area is 138 Å². The lowest BCUT2D eigenvalue weighted by molar-refractivity contribution is 0.0982. The number of carbonyl (C=O) groups is 2. The van der Waals surface area contributed by atoms with Crippen LogP contribution in [0.1, 0.15) is 20.7 Å². The summed E-state index contributed by atoms with van der Waals surface area (Å²) in [5, 5.41) is -0.132. The first kappa shape index (κ1) is 17.5. The van der Waals surface area contributed by atoms with Gasteiger partial charge in [-0.1, -0.05) is 11.6 Å². The molecule has 2 rings (SSSR count). The molecule has 0 saturated carbocycles. The molecule has 0 fully saturated rings.